The SMILES string of the molecule is C#C[C@]1(COP(O)(=S)O[C@@H]2[C@@H](F)[C@@H](CO)O[C@H]2n2cnc3c(=O)[nH]c(N)nc32)O[C@@H](n2cnc3c(N)ncnc32)C[C@@H]1O. The molecule has 2 aliphatic heterocycles. The summed E-state index contributed by atoms with van der Waals surface area (Å²) in [5.74, 6) is 2.25. The molecule has 6 heterocycles. The van der Waals surface area contributed by atoms with Crippen LogP contribution in [0.3, 0.4) is 0 Å². The van der Waals surface area contributed by atoms with Gasteiger partial charge < -0.3 is 40.6 Å². The Balaban J connectivity index is 1.22. The fourth-order valence-electron chi connectivity index (χ4n) is 4.97. The number of imidazole rings is 2. The molecule has 0 amide bonds. The Labute approximate surface area is 245 Å². The Bertz CT molecular complexity index is 1850. The Morgan fingerprint density at radius 1 is 1.26 bits per heavy atom. The molecule has 6 rings (SSSR count). The third-order valence-corrected chi connectivity index (χ3v) is 8.66. The van der Waals surface area contributed by atoms with Crippen LogP contribution in [-0.4, -0.2) is 97.4 Å². The van der Waals surface area contributed by atoms with E-state index in [1.165, 1.54) is 17.2 Å². The average Bonchev–Trinajstić information content (AvgIpc) is 3.72. The minimum atomic E-state index is -4.35. The van der Waals surface area contributed by atoms with Crippen LogP contribution in [0.4, 0.5) is 16.2 Å². The molecule has 4 aromatic rings. The molecule has 21 heteroatoms. The van der Waals surface area contributed by atoms with Crippen molar-refractivity contribution in [2.45, 2.75) is 49.0 Å². The van der Waals surface area contributed by atoms with E-state index >= 15 is 4.39 Å². The second-order valence-electron chi connectivity index (χ2n) is 9.72. The molecule has 2 fully saturated rings. The van der Waals surface area contributed by atoms with Gasteiger partial charge in [-0.15, -0.1) is 6.42 Å². The highest BCUT2D eigenvalue weighted by molar-refractivity contribution is 8.07. The second-order valence-corrected chi connectivity index (χ2v) is 12.5. The topological polar surface area (TPSA) is 257 Å². The van der Waals surface area contributed by atoms with E-state index in [1.54, 1.807) is 0 Å². The fraction of sp³-hybridized carbons (Fsp3) is 0.455. The normalized spacial score (nSPS) is 30.6. The summed E-state index contributed by atoms with van der Waals surface area (Å²) in [7, 11) is 0. The van der Waals surface area contributed by atoms with Crippen molar-refractivity contribution in [3.8, 4) is 12.3 Å². The van der Waals surface area contributed by atoms with Crippen molar-refractivity contribution >= 4 is 52.6 Å². The molecule has 0 aliphatic carbocycles. The highest BCUT2D eigenvalue weighted by Crippen LogP contribution is 2.52. The van der Waals surface area contributed by atoms with E-state index in [-0.39, 0.29) is 29.4 Å². The maximum absolute atomic E-state index is 15.4. The zero-order chi connectivity index (χ0) is 30.7. The summed E-state index contributed by atoms with van der Waals surface area (Å²) in [5.41, 5.74) is 9.48. The minimum absolute atomic E-state index is 0.0235. The van der Waals surface area contributed by atoms with Gasteiger partial charge in [0.2, 0.25) is 5.95 Å². The number of fused-ring (bicyclic) bond motifs is 2. The first-order valence-electron chi connectivity index (χ1n) is 12.5. The van der Waals surface area contributed by atoms with Crippen LogP contribution in [0.2, 0.25) is 0 Å². The van der Waals surface area contributed by atoms with E-state index in [1.807, 2.05) is 0 Å². The number of ether oxygens (including phenoxy) is 2. The van der Waals surface area contributed by atoms with Crippen LogP contribution < -0.4 is 17.0 Å². The number of anilines is 2. The third kappa shape index (κ3) is 5.04. The Morgan fingerprint density at radius 3 is 2.74 bits per heavy atom. The first-order chi connectivity index (χ1) is 20.5. The number of aliphatic hydroxyl groups excluding tert-OH is 2. The predicted molar refractivity (Wildman–Crippen MR) is 148 cm³/mol. The van der Waals surface area contributed by atoms with Gasteiger partial charge in [-0.05, 0) is 11.8 Å². The third-order valence-electron chi connectivity index (χ3n) is 7.12. The van der Waals surface area contributed by atoms with Gasteiger partial charge in [-0.2, -0.15) is 4.98 Å². The maximum Gasteiger partial charge on any atom is 0.325 e. The number of nitrogens with one attached hydrogen (secondary N) is 1. The van der Waals surface area contributed by atoms with Gasteiger partial charge in [-0.25, -0.2) is 24.3 Å². The second kappa shape index (κ2) is 10.8. The predicted octanol–water partition coefficient (Wildman–Crippen LogP) is -1.38. The van der Waals surface area contributed by atoms with E-state index in [9.17, 15) is 19.9 Å². The van der Waals surface area contributed by atoms with Crippen molar-refractivity contribution in [2.24, 2.45) is 0 Å². The Kier molecular flexibility index (Phi) is 7.40. The number of nitrogens with two attached hydrogens (primary N) is 2. The lowest BCUT2D eigenvalue weighted by atomic mass is 9.99. The summed E-state index contributed by atoms with van der Waals surface area (Å²) in [6.45, 7) is -5.76. The Morgan fingerprint density at radius 2 is 2.00 bits per heavy atom. The van der Waals surface area contributed by atoms with Crippen molar-refractivity contribution in [3.63, 3.8) is 0 Å². The van der Waals surface area contributed by atoms with Crippen molar-refractivity contribution in [2.75, 3.05) is 24.7 Å². The zero-order valence-electron chi connectivity index (χ0n) is 21.8. The largest absolute Gasteiger partial charge is 0.394 e. The number of hydrogen-bond donors (Lipinski definition) is 6. The number of H-pyrrole nitrogens is 1. The van der Waals surface area contributed by atoms with Gasteiger partial charge in [0.25, 0.3) is 5.56 Å². The van der Waals surface area contributed by atoms with Crippen LogP contribution >= 0.6 is 6.72 Å². The Hall–Kier alpha value is -3.64. The highest BCUT2D eigenvalue weighted by Gasteiger charge is 2.52. The highest BCUT2D eigenvalue weighted by atomic mass is 32.5. The molecule has 0 aromatic carbocycles. The lowest BCUT2D eigenvalue weighted by Gasteiger charge is -2.30. The van der Waals surface area contributed by atoms with Gasteiger partial charge in [0.05, 0.1) is 25.9 Å². The van der Waals surface area contributed by atoms with E-state index in [0.29, 0.717) is 11.2 Å². The van der Waals surface area contributed by atoms with Gasteiger partial charge >= 0.3 is 6.72 Å². The summed E-state index contributed by atoms with van der Waals surface area (Å²) in [5, 5.41) is 20.6. The summed E-state index contributed by atoms with van der Waals surface area (Å²) in [4.78, 5) is 45.7. The van der Waals surface area contributed by atoms with Crippen LogP contribution in [0.5, 0.6) is 0 Å². The number of hydrogen-bond acceptors (Lipinski definition) is 15. The van der Waals surface area contributed by atoms with Gasteiger partial charge in [0.1, 0.15) is 36.4 Å². The zero-order valence-corrected chi connectivity index (χ0v) is 23.5. The summed E-state index contributed by atoms with van der Waals surface area (Å²) in [6, 6.07) is 0. The molecule has 8 atom stereocenters. The lowest BCUT2D eigenvalue weighted by Crippen LogP contribution is -2.42. The van der Waals surface area contributed by atoms with Crippen molar-refractivity contribution in [1.29, 1.82) is 0 Å². The molecule has 0 saturated carbocycles. The maximum atomic E-state index is 15.4. The average molecular weight is 639 g/mol. The molecule has 0 bridgehead atoms. The van der Waals surface area contributed by atoms with Gasteiger partial charge in [-0.1, -0.05) is 5.92 Å². The molecule has 0 radical (unpaired) electrons. The summed E-state index contributed by atoms with van der Waals surface area (Å²) >= 11 is 5.16. The standard InChI is InChI=1S/C22H24FN10O8PS/c1-2-22(10(35)3-11(40-22)32-7-28-13-16(24)26-6-27-17(13)32)5-38-42(37,43)41-15-12(23)9(4-34)39-20(15)33-8-29-14-18(33)30-21(25)31-19(14)36/h1,6-12,15,20,34-35H,3-5H2,(H,37,43)(H2,24,26,27)(H3,25,30,31,36)/t9-,10+,11-,12+,15-,20-,22-,42?/m1/s1. The van der Waals surface area contributed by atoms with Gasteiger partial charge in [0, 0.05) is 6.42 Å². The number of halogens is 1. The number of rotatable bonds is 8. The molecule has 4 aromatic heterocycles. The number of alkyl halides is 1. The first kappa shape index (κ1) is 29.4. The number of nitrogen functional groups attached to an aromatic ring is 2. The number of aromatic nitrogens is 8. The fourth-order valence-corrected chi connectivity index (χ4v) is 6.37. The molecule has 228 valence electrons. The molecule has 0 spiro atoms. The number of aliphatic hydroxyl groups is 2. The van der Waals surface area contributed by atoms with Crippen molar-refractivity contribution in [3.05, 3.63) is 29.3 Å². The molecular formula is C22H24FN10O8PS. The molecule has 2 aliphatic rings. The van der Waals surface area contributed by atoms with Gasteiger partial charge in [-0.3, -0.25) is 23.4 Å². The van der Waals surface area contributed by atoms with Crippen LogP contribution in [0, 0.1) is 12.3 Å². The van der Waals surface area contributed by atoms with Gasteiger partial charge in [0.15, 0.2) is 40.6 Å². The number of nitrogens with zero attached hydrogens (tertiary/aromatic N) is 7. The minimum Gasteiger partial charge on any atom is -0.394 e. The molecular weight excluding hydrogens is 614 g/mol. The molecule has 8 N–H and O–H groups in total. The molecule has 2 saturated heterocycles. The number of aromatic amines is 1. The van der Waals surface area contributed by atoms with Crippen molar-refractivity contribution < 1.29 is 38.0 Å². The lowest BCUT2D eigenvalue weighted by molar-refractivity contribution is -0.0890. The smallest absolute Gasteiger partial charge is 0.325 e. The molecule has 43 heavy (non-hydrogen) atoms. The monoisotopic (exact) mass is 638 g/mol. The first-order valence-corrected chi connectivity index (χ1v) is 15.1. The summed E-state index contributed by atoms with van der Waals surface area (Å²) < 4.78 is 40.7. The van der Waals surface area contributed by atoms with E-state index in [2.05, 4.69) is 35.8 Å². The molecule has 1 unspecified atom stereocenters. The van der Waals surface area contributed by atoms with E-state index in [4.69, 9.17) is 48.2 Å². The summed E-state index contributed by atoms with van der Waals surface area (Å²) in [6.07, 6.45) is 0.815. The van der Waals surface area contributed by atoms with Crippen LogP contribution in [-0.2, 0) is 30.3 Å². The van der Waals surface area contributed by atoms with Crippen LogP contribution in [0.25, 0.3) is 22.3 Å². The van der Waals surface area contributed by atoms with Crippen molar-refractivity contribution in [1.82, 2.24) is 39.0 Å². The van der Waals surface area contributed by atoms with Crippen LogP contribution in [0.1, 0.15) is 18.9 Å². The molecule has 18 nitrogen and oxygen atoms in total. The van der Waals surface area contributed by atoms with E-state index < -0.39 is 68.0 Å². The van der Waals surface area contributed by atoms with E-state index in [0.717, 1.165) is 10.9 Å². The number of terminal acetylenes is 1. The van der Waals surface area contributed by atoms with Crippen LogP contribution in [0.15, 0.2) is 23.8 Å². The quantitative estimate of drug-likeness (QED) is 0.0960.